The van der Waals surface area contributed by atoms with Crippen LogP contribution in [0.3, 0.4) is 0 Å². The molecular weight excluding hydrogens is 110 g/mol. The van der Waals surface area contributed by atoms with Gasteiger partial charge in [-0.1, -0.05) is 12.1 Å². The van der Waals surface area contributed by atoms with Gasteiger partial charge in [-0.3, -0.25) is 0 Å². The molecule has 1 aromatic rings. The lowest BCUT2D eigenvalue weighted by molar-refractivity contribution is 1.27. The first-order valence-corrected chi connectivity index (χ1v) is 2.96. The van der Waals surface area contributed by atoms with Crippen molar-refractivity contribution in [3.05, 3.63) is 36.8 Å². The highest BCUT2D eigenvalue weighted by Gasteiger charge is 1.85. The number of nitrogens with two attached hydrogens (primary N) is 1. The highest BCUT2D eigenvalue weighted by atomic mass is 14.5. The predicted octanol–water partition coefficient (Wildman–Crippen LogP) is 1.65. The molecular formula is C8H10N. The fourth-order valence-electron chi connectivity index (χ4n) is 0.684. The Bertz CT molecular complexity index is 176. The van der Waals surface area contributed by atoms with E-state index in [1.165, 1.54) is 5.56 Å². The predicted molar refractivity (Wildman–Crippen MR) is 39.9 cm³/mol. The molecule has 47 valence electrons. The second-order valence-electron chi connectivity index (χ2n) is 1.99. The van der Waals surface area contributed by atoms with E-state index in [2.05, 4.69) is 6.92 Å². The van der Waals surface area contributed by atoms with Crippen LogP contribution in [-0.4, -0.2) is 0 Å². The van der Waals surface area contributed by atoms with E-state index in [-0.39, 0.29) is 0 Å². The summed E-state index contributed by atoms with van der Waals surface area (Å²) in [5.41, 5.74) is 7.50. The number of hydrogen-bond donors (Lipinski definition) is 1. The van der Waals surface area contributed by atoms with Gasteiger partial charge in [0.15, 0.2) is 0 Å². The maximum Gasteiger partial charge on any atom is 0.0314 e. The van der Waals surface area contributed by atoms with Crippen molar-refractivity contribution in [1.29, 1.82) is 0 Å². The number of nitrogen functional groups attached to an aromatic ring is 1. The van der Waals surface area contributed by atoms with Crippen LogP contribution < -0.4 is 5.73 Å². The average molecular weight is 120 g/mol. The standard InChI is InChI=1S/C8H10N/c1-2-7-3-5-8(9)6-4-7/h3-6H,1-2,9H2. The molecule has 0 heterocycles. The van der Waals surface area contributed by atoms with E-state index in [9.17, 15) is 0 Å². The molecule has 1 heteroatoms. The van der Waals surface area contributed by atoms with Crippen molar-refractivity contribution in [2.75, 3.05) is 5.73 Å². The molecule has 0 aliphatic rings. The molecule has 0 amide bonds. The Labute approximate surface area is 55.5 Å². The van der Waals surface area contributed by atoms with E-state index in [4.69, 9.17) is 5.73 Å². The van der Waals surface area contributed by atoms with Crippen LogP contribution in [0.1, 0.15) is 5.56 Å². The van der Waals surface area contributed by atoms with Crippen LogP contribution in [0, 0.1) is 6.92 Å². The van der Waals surface area contributed by atoms with Gasteiger partial charge in [0, 0.05) is 5.69 Å². The summed E-state index contributed by atoms with van der Waals surface area (Å²) in [6.07, 6.45) is 0.834. The summed E-state index contributed by atoms with van der Waals surface area (Å²) >= 11 is 0. The van der Waals surface area contributed by atoms with Crippen molar-refractivity contribution >= 4 is 5.69 Å². The molecule has 1 nitrogen and oxygen atoms in total. The van der Waals surface area contributed by atoms with E-state index in [1.807, 2.05) is 24.3 Å². The molecule has 0 fully saturated rings. The number of rotatable bonds is 1. The lowest BCUT2D eigenvalue weighted by Gasteiger charge is -1.94. The first-order chi connectivity index (χ1) is 4.33. The van der Waals surface area contributed by atoms with E-state index in [0.29, 0.717) is 0 Å². The molecule has 0 saturated carbocycles. The normalized spacial score (nSPS) is 9.44. The SMILES string of the molecule is [CH2]Cc1ccc(N)cc1. The molecule has 0 saturated heterocycles. The molecule has 0 aromatic heterocycles. The molecule has 0 spiro atoms. The van der Waals surface area contributed by atoms with Gasteiger partial charge in [-0.25, -0.2) is 0 Å². The Kier molecular flexibility index (Phi) is 1.73. The van der Waals surface area contributed by atoms with Crippen LogP contribution in [-0.2, 0) is 6.42 Å². The van der Waals surface area contributed by atoms with Gasteiger partial charge in [-0.2, -0.15) is 0 Å². The Balaban J connectivity index is 2.88. The van der Waals surface area contributed by atoms with Crippen LogP contribution in [0.4, 0.5) is 5.69 Å². The van der Waals surface area contributed by atoms with Crippen molar-refractivity contribution in [2.24, 2.45) is 0 Å². The second kappa shape index (κ2) is 2.53. The molecule has 0 aliphatic carbocycles. The van der Waals surface area contributed by atoms with Crippen LogP contribution in [0.5, 0.6) is 0 Å². The van der Waals surface area contributed by atoms with E-state index < -0.39 is 0 Å². The van der Waals surface area contributed by atoms with Crippen molar-refractivity contribution in [3.63, 3.8) is 0 Å². The second-order valence-corrected chi connectivity index (χ2v) is 1.99. The van der Waals surface area contributed by atoms with Gasteiger partial charge >= 0.3 is 0 Å². The van der Waals surface area contributed by atoms with E-state index in [1.54, 1.807) is 0 Å². The van der Waals surface area contributed by atoms with Gasteiger partial charge < -0.3 is 5.73 Å². The summed E-state index contributed by atoms with van der Waals surface area (Å²) < 4.78 is 0. The summed E-state index contributed by atoms with van der Waals surface area (Å²) in [5.74, 6) is 0. The third-order valence-electron chi connectivity index (χ3n) is 1.27. The maximum atomic E-state index is 5.46. The maximum absolute atomic E-state index is 5.46. The topological polar surface area (TPSA) is 26.0 Å². The number of benzene rings is 1. The van der Waals surface area contributed by atoms with Crippen molar-refractivity contribution < 1.29 is 0 Å². The molecule has 1 radical (unpaired) electrons. The fourth-order valence-corrected chi connectivity index (χ4v) is 0.684. The van der Waals surface area contributed by atoms with Gasteiger partial charge in [-0.05, 0) is 31.0 Å². The van der Waals surface area contributed by atoms with Crippen LogP contribution in [0.15, 0.2) is 24.3 Å². The third-order valence-corrected chi connectivity index (χ3v) is 1.27. The lowest BCUT2D eigenvalue weighted by Crippen LogP contribution is -1.84. The largest absolute Gasteiger partial charge is 0.399 e. The number of anilines is 1. The molecule has 2 N–H and O–H groups in total. The van der Waals surface area contributed by atoms with Crippen LogP contribution in [0.2, 0.25) is 0 Å². The summed E-state index contributed by atoms with van der Waals surface area (Å²) in [6, 6.07) is 7.76. The van der Waals surface area contributed by atoms with Crippen LogP contribution in [0.25, 0.3) is 0 Å². The van der Waals surface area contributed by atoms with Crippen molar-refractivity contribution in [3.8, 4) is 0 Å². The minimum absolute atomic E-state index is 0.812. The van der Waals surface area contributed by atoms with Gasteiger partial charge in [0.1, 0.15) is 0 Å². The van der Waals surface area contributed by atoms with Crippen LogP contribution >= 0.6 is 0 Å². The van der Waals surface area contributed by atoms with Gasteiger partial charge in [0.05, 0.1) is 0 Å². The zero-order chi connectivity index (χ0) is 6.69. The number of hydrogen-bond acceptors (Lipinski definition) is 1. The Morgan fingerprint density at radius 2 is 1.78 bits per heavy atom. The van der Waals surface area contributed by atoms with Gasteiger partial charge in [-0.15, -0.1) is 0 Å². The summed E-state index contributed by atoms with van der Waals surface area (Å²) in [4.78, 5) is 0. The molecule has 0 bridgehead atoms. The van der Waals surface area contributed by atoms with Crippen molar-refractivity contribution in [1.82, 2.24) is 0 Å². The quantitative estimate of drug-likeness (QED) is 0.560. The first-order valence-electron chi connectivity index (χ1n) is 2.96. The van der Waals surface area contributed by atoms with Gasteiger partial charge in [0.2, 0.25) is 0 Å². The zero-order valence-electron chi connectivity index (χ0n) is 5.30. The van der Waals surface area contributed by atoms with Crippen molar-refractivity contribution in [2.45, 2.75) is 6.42 Å². The third kappa shape index (κ3) is 1.46. The molecule has 1 rings (SSSR count). The highest BCUT2D eigenvalue weighted by molar-refractivity contribution is 5.39. The molecule has 0 aliphatic heterocycles. The average Bonchev–Trinajstić information content (AvgIpc) is 1.90. The molecule has 0 atom stereocenters. The van der Waals surface area contributed by atoms with E-state index in [0.717, 1.165) is 12.1 Å². The zero-order valence-corrected chi connectivity index (χ0v) is 5.30. The highest BCUT2D eigenvalue weighted by Crippen LogP contribution is 2.04. The molecule has 9 heavy (non-hydrogen) atoms. The Hall–Kier alpha value is -0.980. The monoisotopic (exact) mass is 120 g/mol. The smallest absolute Gasteiger partial charge is 0.0314 e. The minimum atomic E-state index is 0.812. The minimum Gasteiger partial charge on any atom is -0.399 e. The first kappa shape index (κ1) is 6.14. The molecule has 0 unspecified atom stereocenters. The summed E-state index contributed by atoms with van der Waals surface area (Å²) in [5, 5.41) is 0. The van der Waals surface area contributed by atoms with Gasteiger partial charge in [0.25, 0.3) is 0 Å². The molecule has 1 aromatic carbocycles. The fraction of sp³-hybridized carbons (Fsp3) is 0.125. The Morgan fingerprint density at radius 3 is 2.22 bits per heavy atom. The lowest BCUT2D eigenvalue weighted by atomic mass is 10.2. The summed E-state index contributed by atoms with van der Waals surface area (Å²) in [6.45, 7) is 3.74. The summed E-state index contributed by atoms with van der Waals surface area (Å²) in [7, 11) is 0. The Morgan fingerprint density at radius 1 is 1.22 bits per heavy atom. The van der Waals surface area contributed by atoms with E-state index >= 15 is 0 Å².